The molecule has 1 aliphatic rings. The second kappa shape index (κ2) is 5.75. The van der Waals surface area contributed by atoms with E-state index in [-0.39, 0.29) is 16.9 Å². The molecule has 1 aliphatic heterocycles. The lowest BCUT2D eigenvalue weighted by molar-refractivity contribution is -0.133. The fourth-order valence-electron chi connectivity index (χ4n) is 2.10. The minimum atomic E-state index is -0.932. The zero-order valence-corrected chi connectivity index (χ0v) is 11.5. The monoisotopic (exact) mass is 284 g/mol. The first-order valence-corrected chi connectivity index (χ1v) is 7.03. The number of aliphatic carboxylic acids is 1. The summed E-state index contributed by atoms with van der Waals surface area (Å²) in [6, 6.07) is 1.38. The van der Waals surface area contributed by atoms with Crippen molar-refractivity contribution in [3.05, 3.63) is 22.6 Å². The molecular formula is C12H16N2O4S. The van der Waals surface area contributed by atoms with Crippen molar-refractivity contribution < 1.29 is 14.6 Å². The molecular weight excluding hydrogens is 268 g/mol. The summed E-state index contributed by atoms with van der Waals surface area (Å²) < 4.78 is 7.49. The van der Waals surface area contributed by atoms with E-state index in [9.17, 15) is 9.59 Å². The number of aromatic nitrogens is 2. The number of carbonyl (C=O) groups is 1. The standard InChI is InChI=1S/C12H16N2O4S/c1-12(4-2-6-18-12)8-14-5-3-9(15)13-11(14)19-7-10(16)17/h3,5H,2,4,6-8H2,1H3,(H,16,17). The van der Waals surface area contributed by atoms with Gasteiger partial charge in [-0.25, -0.2) is 0 Å². The summed E-state index contributed by atoms with van der Waals surface area (Å²) >= 11 is 1.05. The molecule has 1 aromatic heterocycles. The molecule has 1 aromatic rings. The van der Waals surface area contributed by atoms with Gasteiger partial charge in [0.25, 0.3) is 5.56 Å². The lowest BCUT2D eigenvalue weighted by Crippen LogP contribution is -2.31. The predicted molar refractivity (Wildman–Crippen MR) is 70.4 cm³/mol. The third-order valence-corrected chi connectivity index (χ3v) is 3.95. The Labute approximate surface area is 114 Å². The van der Waals surface area contributed by atoms with Crippen LogP contribution in [0.2, 0.25) is 0 Å². The van der Waals surface area contributed by atoms with Crippen LogP contribution >= 0.6 is 11.8 Å². The lowest BCUT2D eigenvalue weighted by atomic mass is 10.0. The van der Waals surface area contributed by atoms with Gasteiger partial charge in [-0.15, -0.1) is 0 Å². The van der Waals surface area contributed by atoms with Crippen molar-refractivity contribution in [2.24, 2.45) is 0 Å². The fourth-order valence-corrected chi connectivity index (χ4v) is 2.80. The first kappa shape index (κ1) is 14.1. The normalized spacial score (nSPS) is 22.6. The summed E-state index contributed by atoms with van der Waals surface area (Å²) in [5, 5.41) is 9.13. The largest absolute Gasteiger partial charge is 0.481 e. The summed E-state index contributed by atoms with van der Waals surface area (Å²) in [4.78, 5) is 25.8. The molecule has 2 rings (SSSR count). The molecule has 1 atom stereocenters. The van der Waals surface area contributed by atoms with Gasteiger partial charge in [0.15, 0.2) is 5.16 Å². The number of nitrogens with zero attached hydrogens (tertiary/aromatic N) is 2. The van der Waals surface area contributed by atoms with Crippen LogP contribution in [-0.2, 0) is 16.1 Å². The van der Waals surface area contributed by atoms with Gasteiger partial charge in [0.2, 0.25) is 0 Å². The maximum Gasteiger partial charge on any atom is 0.313 e. The fraction of sp³-hybridized carbons (Fsp3) is 0.583. The molecule has 7 heteroatoms. The Bertz CT molecular complexity index is 523. The highest BCUT2D eigenvalue weighted by Crippen LogP contribution is 2.28. The Morgan fingerprint density at radius 2 is 2.47 bits per heavy atom. The van der Waals surface area contributed by atoms with Gasteiger partial charge in [0.1, 0.15) is 0 Å². The Morgan fingerprint density at radius 3 is 3.11 bits per heavy atom. The molecule has 0 spiro atoms. The van der Waals surface area contributed by atoms with Crippen molar-refractivity contribution in [2.45, 2.75) is 37.1 Å². The van der Waals surface area contributed by atoms with E-state index in [4.69, 9.17) is 9.84 Å². The lowest BCUT2D eigenvalue weighted by Gasteiger charge is -2.25. The highest BCUT2D eigenvalue weighted by atomic mass is 32.2. The smallest absolute Gasteiger partial charge is 0.313 e. The van der Waals surface area contributed by atoms with Crippen LogP contribution in [0.25, 0.3) is 0 Å². The molecule has 0 aromatic carbocycles. The Balaban J connectivity index is 2.18. The second-order valence-electron chi connectivity index (χ2n) is 4.76. The van der Waals surface area contributed by atoms with E-state index in [2.05, 4.69) is 4.98 Å². The van der Waals surface area contributed by atoms with Crippen LogP contribution in [0, 0.1) is 0 Å². The van der Waals surface area contributed by atoms with Crippen LogP contribution in [-0.4, -0.2) is 38.6 Å². The van der Waals surface area contributed by atoms with E-state index in [0.717, 1.165) is 31.2 Å². The number of thioether (sulfide) groups is 1. The van der Waals surface area contributed by atoms with Crippen LogP contribution in [0.3, 0.4) is 0 Å². The Hall–Kier alpha value is -1.34. The van der Waals surface area contributed by atoms with E-state index < -0.39 is 5.97 Å². The zero-order valence-electron chi connectivity index (χ0n) is 10.7. The molecule has 0 radical (unpaired) electrons. The van der Waals surface area contributed by atoms with E-state index in [1.807, 2.05) is 6.92 Å². The first-order chi connectivity index (χ1) is 8.98. The second-order valence-corrected chi connectivity index (χ2v) is 5.70. The summed E-state index contributed by atoms with van der Waals surface area (Å²) in [6.45, 7) is 3.33. The average molecular weight is 284 g/mol. The van der Waals surface area contributed by atoms with Gasteiger partial charge in [-0.05, 0) is 19.8 Å². The Kier molecular flexibility index (Phi) is 4.26. The average Bonchev–Trinajstić information content (AvgIpc) is 2.76. The van der Waals surface area contributed by atoms with Crippen molar-refractivity contribution in [3.63, 3.8) is 0 Å². The number of hydrogen-bond donors (Lipinski definition) is 1. The number of carboxylic acids is 1. The zero-order chi connectivity index (χ0) is 13.9. The topological polar surface area (TPSA) is 81.4 Å². The van der Waals surface area contributed by atoms with Gasteiger partial charge in [0, 0.05) is 18.9 Å². The summed E-state index contributed by atoms with van der Waals surface area (Å²) in [5.41, 5.74) is -0.628. The van der Waals surface area contributed by atoms with E-state index in [1.165, 1.54) is 6.07 Å². The third kappa shape index (κ3) is 3.81. The van der Waals surface area contributed by atoms with Crippen molar-refractivity contribution in [1.29, 1.82) is 0 Å². The Morgan fingerprint density at radius 1 is 1.68 bits per heavy atom. The van der Waals surface area contributed by atoms with E-state index in [1.54, 1.807) is 10.8 Å². The molecule has 1 fully saturated rings. The molecule has 6 nitrogen and oxygen atoms in total. The minimum absolute atomic E-state index is 0.117. The number of hydrogen-bond acceptors (Lipinski definition) is 5. The molecule has 0 saturated carbocycles. The SMILES string of the molecule is CC1(Cn2ccc(=O)nc2SCC(=O)O)CCCO1. The summed E-state index contributed by atoms with van der Waals surface area (Å²) in [7, 11) is 0. The maximum absolute atomic E-state index is 11.3. The molecule has 2 heterocycles. The van der Waals surface area contributed by atoms with E-state index in [0.29, 0.717) is 11.7 Å². The number of ether oxygens (including phenoxy) is 1. The molecule has 1 N–H and O–H groups in total. The van der Waals surface area contributed by atoms with Crippen LogP contribution in [0.1, 0.15) is 19.8 Å². The molecule has 19 heavy (non-hydrogen) atoms. The molecule has 104 valence electrons. The highest BCUT2D eigenvalue weighted by Gasteiger charge is 2.30. The predicted octanol–water partition coefficient (Wildman–Crippen LogP) is 0.989. The maximum atomic E-state index is 11.3. The van der Waals surface area contributed by atoms with E-state index >= 15 is 0 Å². The van der Waals surface area contributed by atoms with Crippen molar-refractivity contribution in [3.8, 4) is 0 Å². The molecule has 0 aliphatic carbocycles. The molecule has 0 amide bonds. The van der Waals surface area contributed by atoms with Crippen LogP contribution < -0.4 is 5.56 Å². The van der Waals surface area contributed by atoms with Crippen molar-refractivity contribution in [1.82, 2.24) is 9.55 Å². The van der Waals surface area contributed by atoms with Gasteiger partial charge in [-0.3, -0.25) is 9.59 Å². The van der Waals surface area contributed by atoms with Crippen molar-refractivity contribution >= 4 is 17.7 Å². The van der Waals surface area contributed by atoms with Gasteiger partial charge in [-0.1, -0.05) is 11.8 Å². The molecule has 1 unspecified atom stereocenters. The first-order valence-electron chi connectivity index (χ1n) is 6.05. The number of carboxylic acid groups (broad SMARTS) is 1. The van der Waals surface area contributed by atoms with Gasteiger partial charge in [0.05, 0.1) is 17.9 Å². The number of rotatable bonds is 5. The van der Waals surface area contributed by atoms with Crippen LogP contribution in [0.4, 0.5) is 0 Å². The highest BCUT2D eigenvalue weighted by molar-refractivity contribution is 7.99. The third-order valence-electron chi connectivity index (χ3n) is 2.98. The molecule has 1 saturated heterocycles. The van der Waals surface area contributed by atoms with Crippen molar-refractivity contribution in [2.75, 3.05) is 12.4 Å². The summed E-state index contributed by atoms with van der Waals surface area (Å²) in [6.07, 6.45) is 3.61. The molecule has 0 bridgehead atoms. The van der Waals surface area contributed by atoms with Crippen LogP contribution in [0.5, 0.6) is 0 Å². The summed E-state index contributed by atoms with van der Waals surface area (Å²) in [5.74, 6) is -1.05. The minimum Gasteiger partial charge on any atom is -0.481 e. The van der Waals surface area contributed by atoms with Gasteiger partial charge in [-0.2, -0.15) is 4.98 Å². The quantitative estimate of drug-likeness (QED) is 0.641. The van der Waals surface area contributed by atoms with Crippen LogP contribution in [0.15, 0.2) is 22.2 Å². The van der Waals surface area contributed by atoms with Gasteiger partial charge < -0.3 is 14.4 Å². The van der Waals surface area contributed by atoms with Gasteiger partial charge >= 0.3 is 5.97 Å².